The number of benzene rings is 2. The fraction of sp³-hybridized carbons (Fsp3) is 0.400. The van der Waals surface area contributed by atoms with Crippen molar-refractivity contribution in [3.05, 3.63) is 47.0 Å². The van der Waals surface area contributed by atoms with Gasteiger partial charge in [0.05, 0.1) is 16.3 Å². The molecule has 0 saturated carbocycles. The lowest BCUT2D eigenvalue weighted by atomic mass is 10.0. The Hall–Kier alpha value is -3.67. The van der Waals surface area contributed by atoms with Gasteiger partial charge in [0.25, 0.3) is 0 Å². The van der Waals surface area contributed by atoms with Gasteiger partial charge in [0.15, 0.2) is 17.5 Å². The largest absolute Gasteiger partial charge is 0.462 e. The van der Waals surface area contributed by atoms with E-state index in [2.05, 4.69) is 44.4 Å². The van der Waals surface area contributed by atoms with Crippen LogP contribution in [0.2, 0.25) is 5.02 Å². The van der Waals surface area contributed by atoms with Crippen molar-refractivity contribution >= 4 is 50.8 Å². The van der Waals surface area contributed by atoms with Gasteiger partial charge in [-0.25, -0.2) is 13.8 Å². The van der Waals surface area contributed by atoms with Crippen LogP contribution < -0.4 is 20.3 Å². The molecule has 4 aromatic rings. The highest BCUT2D eigenvalue weighted by Crippen LogP contribution is 2.42. The third-order valence-corrected chi connectivity index (χ3v) is 8.37. The van der Waals surface area contributed by atoms with Crippen LogP contribution >= 0.6 is 11.6 Å². The number of amides is 1. The molecule has 9 nitrogen and oxygen atoms in total. The predicted octanol–water partition coefficient (Wildman–Crippen LogP) is 5.01. The molecule has 2 aliphatic heterocycles. The zero-order valence-corrected chi connectivity index (χ0v) is 24.4. The van der Waals surface area contributed by atoms with Gasteiger partial charge in [-0.05, 0) is 39.4 Å². The number of ether oxygens (including phenoxy) is 1. The van der Waals surface area contributed by atoms with Gasteiger partial charge in [-0.2, -0.15) is 9.97 Å². The number of fused-ring (bicyclic) bond motifs is 2. The number of carbonyl (C=O) groups excluding carboxylic acids is 1. The lowest BCUT2D eigenvalue weighted by Gasteiger charge is -2.35. The Bertz CT molecular complexity index is 1690. The molecule has 2 N–H and O–H groups in total. The maximum atomic E-state index is 16.8. The summed E-state index contributed by atoms with van der Waals surface area (Å²) >= 11 is 6.81. The summed E-state index contributed by atoms with van der Waals surface area (Å²) in [5, 5.41) is 6.79. The Morgan fingerprint density at radius 2 is 1.93 bits per heavy atom. The topological polar surface area (TPSA) is 95.5 Å². The summed E-state index contributed by atoms with van der Waals surface area (Å²) in [5.74, 6) is -1.73. The van der Waals surface area contributed by atoms with Crippen molar-refractivity contribution in [3.63, 3.8) is 0 Å². The number of likely N-dealkylation sites (tertiary alicyclic amines) is 1. The molecule has 42 heavy (non-hydrogen) atoms. The van der Waals surface area contributed by atoms with Crippen molar-refractivity contribution in [3.8, 4) is 17.3 Å². The summed E-state index contributed by atoms with van der Waals surface area (Å²) in [5.41, 5.74) is 0.0635. The molecule has 1 amide bonds. The molecule has 2 fully saturated rings. The van der Waals surface area contributed by atoms with Crippen molar-refractivity contribution in [2.24, 2.45) is 0 Å². The zero-order valence-electron chi connectivity index (χ0n) is 23.7. The van der Waals surface area contributed by atoms with Crippen molar-refractivity contribution in [1.82, 2.24) is 25.2 Å². The number of likely N-dealkylation sites (N-methyl/N-ethyl adjacent to an activating group) is 1. The SMILES string of the molecule is CC(=O)Nc1nc(-c2c(Cl)cc3c(N4CCNC[C@@H]4C)nc(OC[C@@H]4CCCN4C)nc3c2F)c2ccccc2c1F. The number of piperazine rings is 1. The van der Waals surface area contributed by atoms with Gasteiger partial charge in [-0.3, -0.25) is 4.79 Å². The molecular weight excluding hydrogens is 564 g/mol. The number of carbonyl (C=O) groups is 1. The summed E-state index contributed by atoms with van der Waals surface area (Å²) < 4.78 is 38.2. The summed E-state index contributed by atoms with van der Waals surface area (Å²) in [6.45, 7) is 6.82. The van der Waals surface area contributed by atoms with Gasteiger partial charge in [-0.1, -0.05) is 35.9 Å². The van der Waals surface area contributed by atoms with Crippen LogP contribution in [0.25, 0.3) is 32.9 Å². The minimum atomic E-state index is -0.732. The first-order chi connectivity index (χ1) is 20.2. The molecule has 0 unspecified atom stereocenters. The molecule has 0 spiro atoms. The number of hydrogen-bond donors (Lipinski definition) is 2. The Morgan fingerprint density at radius 3 is 2.64 bits per heavy atom. The quantitative estimate of drug-likeness (QED) is 0.321. The van der Waals surface area contributed by atoms with Crippen molar-refractivity contribution in [2.75, 3.05) is 50.1 Å². The number of halogens is 3. The van der Waals surface area contributed by atoms with Crippen LogP contribution in [0, 0.1) is 11.6 Å². The number of hydrogen-bond acceptors (Lipinski definition) is 8. The molecule has 6 rings (SSSR count). The fourth-order valence-corrected chi connectivity index (χ4v) is 6.13. The Morgan fingerprint density at radius 1 is 1.14 bits per heavy atom. The van der Waals surface area contributed by atoms with E-state index in [9.17, 15) is 4.79 Å². The minimum Gasteiger partial charge on any atom is -0.462 e. The summed E-state index contributed by atoms with van der Waals surface area (Å²) in [6.07, 6.45) is 2.09. The lowest BCUT2D eigenvalue weighted by molar-refractivity contribution is -0.114. The van der Waals surface area contributed by atoms with E-state index in [1.807, 2.05) is 0 Å². The summed E-state index contributed by atoms with van der Waals surface area (Å²) in [7, 11) is 2.05. The van der Waals surface area contributed by atoms with Crippen LogP contribution in [0.4, 0.5) is 20.4 Å². The molecule has 0 aliphatic carbocycles. The van der Waals surface area contributed by atoms with Gasteiger partial charge in [-0.15, -0.1) is 0 Å². The smallest absolute Gasteiger partial charge is 0.319 e. The number of nitrogens with one attached hydrogen (secondary N) is 2. The molecule has 2 aromatic heterocycles. The molecule has 2 saturated heterocycles. The number of rotatable bonds is 6. The van der Waals surface area contributed by atoms with Crippen LogP contribution in [0.15, 0.2) is 30.3 Å². The normalized spacial score (nSPS) is 19.5. The van der Waals surface area contributed by atoms with Crippen molar-refractivity contribution in [1.29, 1.82) is 0 Å². The average Bonchev–Trinajstić information content (AvgIpc) is 3.38. The highest BCUT2D eigenvalue weighted by molar-refractivity contribution is 6.34. The predicted molar refractivity (Wildman–Crippen MR) is 160 cm³/mol. The first kappa shape index (κ1) is 28.4. The van der Waals surface area contributed by atoms with E-state index in [4.69, 9.17) is 21.3 Å². The maximum absolute atomic E-state index is 16.8. The van der Waals surface area contributed by atoms with Gasteiger partial charge in [0.1, 0.15) is 17.9 Å². The molecule has 0 radical (unpaired) electrons. The number of pyridine rings is 1. The molecule has 2 aliphatic rings. The Labute approximate surface area is 247 Å². The molecular formula is C30H32ClF2N7O2. The number of nitrogens with zero attached hydrogens (tertiary/aromatic N) is 5. The van der Waals surface area contributed by atoms with E-state index >= 15 is 8.78 Å². The van der Waals surface area contributed by atoms with Gasteiger partial charge in [0, 0.05) is 54.8 Å². The van der Waals surface area contributed by atoms with Crippen LogP contribution in [0.5, 0.6) is 6.01 Å². The maximum Gasteiger partial charge on any atom is 0.319 e. The van der Waals surface area contributed by atoms with Crippen molar-refractivity contribution in [2.45, 2.75) is 38.8 Å². The second-order valence-corrected chi connectivity index (χ2v) is 11.4. The van der Waals surface area contributed by atoms with E-state index in [0.717, 1.165) is 32.5 Å². The lowest BCUT2D eigenvalue weighted by Crippen LogP contribution is -2.50. The third-order valence-electron chi connectivity index (χ3n) is 8.07. The standard InChI is InChI=1S/C30H32ClF2N7O2/c1-16-14-34-10-12-40(16)29-21-13-22(31)23(25(33)27(21)37-30(38-29)42-15-18-7-6-11-39(18)3)26-20-9-5-4-8-19(20)24(32)28(36-26)35-17(2)41/h4-5,8-9,13,16,18,34H,6-7,10-12,14-15H2,1-3H3,(H,35,36,41)/t16-,18-/m0/s1. The first-order valence-corrected chi connectivity index (χ1v) is 14.5. The van der Waals surface area contributed by atoms with Gasteiger partial charge >= 0.3 is 6.01 Å². The van der Waals surface area contributed by atoms with E-state index in [-0.39, 0.29) is 51.1 Å². The van der Waals surface area contributed by atoms with Crippen molar-refractivity contribution < 1.29 is 18.3 Å². The minimum absolute atomic E-state index is 0.0243. The first-order valence-electron chi connectivity index (χ1n) is 14.1. The van der Waals surface area contributed by atoms with E-state index < -0.39 is 17.5 Å². The van der Waals surface area contributed by atoms with Crippen LogP contribution in [0.3, 0.4) is 0 Å². The molecule has 2 aromatic carbocycles. The summed E-state index contributed by atoms with van der Waals surface area (Å²) in [6, 6.07) is 8.55. The second-order valence-electron chi connectivity index (χ2n) is 11.0. The second kappa shape index (κ2) is 11.5. The van der Waals surface area contributed by atoms with E-state index in [0.29, 0.717) is 29.7 Å². The highest BCUT2D eigenvalue weighted by Gasteiger charge is 2.29. The Kier molecular flexibility index (Phi) is 7.82. The molecule has 2 atom stereocenters. The number of anilines is 2. The zero-order chi connectivity index (χ0) is 29.5. The van der Waals surface area contributed by atoms with Gasteiger partial charge in [0.2, 0.25) is 5.91 Å². The van der Waals surface area contributed by atoms with Crippen LogP contribution in [-0.4, -0.2) is 77.7 Å². The van der Waals surface area contributed by atoms with Crippen LogP contribution in [0.1, 0.15) is 26.7 Å². The third kappa shape index (κ3) is 5.21. The monoisotopic (exact) mass is 595 g/mol. The van der Waals surface area contributed by atoms with E-state index in [1.165, 1.54) is 6.92 Å². The molecule has 12 heteroatoms. The average molecular weight is 596 g/mol. The molecule has 4 heterocycles. The van der Waals surface area contributed by atoms with Crippen LogP contribution in [-0.2, 0) is 4.79 Å². The highest BCUT2D eigenvalue weighted by atomic mass is 35.5. The van der Waals surface area contributed by atoms with E-state index in [1.54, 1.807) is 30.3 Å². The molecule has 0 bridgehead atoms. The number of aromatic nitrogens is 3. The van der Waals surface area contributed by atoms with Gasteiger partial charge < -0.3 is 25.2 Å². The Balaban J connectivity index is 1.55. The fourth-order valence-electron chi connectivity index (χ4n) is 5.85. The summed E-state index contributed by atoms with van der Waals surface area (Å²) in [4.78, 5) is 29.8. The molecule has 220 valence electrons.